The monoisotopic (exact) mass is 400 g/mol. The second-order valence-corrected chi connectivity index (χ2v) is 7.93. The van der Waals surface area contributed by atoms with Gasteiger partial charge in [-0.15, -0.1) is 0 Å². The number of ether oxygens (including phenoxy) is 2. The normalized spacial score (nSPS) is 26.6. The highest BCUT2D eigenvalue weighted by molar-refractivity contribution is 5.88. The fourth-order valence-electron chi connectivity index (χ4n) is 5.01. The summed E-state index contributed by atoms with van der Waals surface area (Å²) in [4.78, 5) is 14.7. The Morgan fingerprint density at radius 1 is 1.24 bits per heavy atom. The molecule has 1 aliphatic carbocycles. The first-order chi connectivity index (χ1) is 14.1. The van der Waals surface area contributed by atoms with Crippen molar-refractivity contribution in [2.24, 2.45) is 0 Å². The number of amides is 2. The summed E-state index contributed by atoms with van der Waals surface area (Å²) >= 11 is 0. The van der Waals surface area contributed by atoms with Crippen molar-refractivity contribution in [1.29, 1.82) is 0 Å². The molecule has 1 aromatic heterocycles. The van der Waals surface area contributed by atoms with Crippen LogP contribution in [0.4, 0.5) is 10.6 Å². The van der Waals surface area contributed by atoms with Gasteiger partial charge in [0.25, 0.3) is 0 Å². The Balaban J connectivity index is 1.50. The minimum atomic E-state index is -0.247. The van der Waals surface area contributed by atoms with Crippen LogP contribution in [-0.2, 0) is 5.41 Å². The fraction of sp³-hybridized carbons (Fsp3) is 0.524. The minimum absolute atomic E-state index is 0.0646. The van der Waals surface area contributed by atoms with Crippen molar-refractivity contribution in [1.82, 2.24) is 15.4 Å². The van der Waals surface area contributed by atoms with Gasteiger partial charge >= 0.3 is 6.03 Å². The lowest BCUT2D eigenvalue weighted by Gasteiger charge is -2.45. The van der Waals surface area contributed by atoms with Crippen LogP contribution in [0, 0.1) is 0 Å². The molecule has 2 heterocycles. The summed E-state index contributed by atoms with van der Waals surface area (Å²) in [5, 5.41) is 9.53. The van der Waals surface area contributed by atoms with E-state index in [0.717, 1.165) is 43.7 Å². The predicted octanol–water partition coefficient (Wildman–Crippen LogP) is 3.01. The lowest BCUT2D eigenvalue weighted by molar-refractivity contribution is 0.156. The smallest absolute Gasteiger partial charge is 0.320 e. The molecule has 2 amide bonds. The third-order valence-electron chi connectivity index (χ3n) is 6.50. The van der Waals surface area contributed by atoms with Gasteiger partial charge in [-0.3, -0.25) is 5.32 Å². The second-order valence-electron chi connectivity index (χ2n) is 7.93. The molecule has 1 saturated carbocycles. The number of rotatable bonds is 5. The first kappa shape index (κ1) is 19.6. The standard InChI is InChI=1S/C21H28N4O4/c1-25-10-9-21(14-4-5-16(27-2)17(12-14)28-3)8-6-15(13-18(21)25)22-20(26)23-19-7-11-29-24-19/h4-5,7,11-12,15,18H,6,8-10,13H2,1-3H3,(H2,22,23,24,26). The van der Waals surface area contributed by atoms with E-state index in [-0.39, 0.29) is 17.5 Å². The quantitative estimate of drug-likeness (QED) is 0.802. The summed E-state index contributed by atoms with van der Waals surface area (Å²) in [5.74, 6) is 1.92. The lowest BCUT2D eigenvalue weighted by Crippen LogP contribution is -2.52. The van der Waals surface area contributed by atoms with Crippen LogP contribution in [0.2, 0.25) is 0 Å². The molecule has 2 N–H and O–H groups in total. The van der Waals surface area contributed by atoms with Gasteiger partial charge in [-0.1, -0.05) is 11.2 Å². The highest BCUT2D eigenvalue weighted by atomic mass is 16.5. The van der Waals surface area contributed by atoms with Crippen LogP contribution in [0.15, 0.2) is 35.1 Å². The Bertz CT molecular complexity index is 856. The summed E-state index contributed by atoms with van der Waals surface area (Å²) in [6.45, 7) is 1.04. The number of likely N-dealkylation sites (N-methyl/N-ethyl adjacent to an activating group) is 1. The van der Waals surface area contributed by atoms with Crippen LogP contribution in [0.3, 0.4) is 0 Å². The summed E-state index contributed by atoms with van der Waals surface area (Å²) < 4.78 is 15.7. The van der Waals surface area contributed by atoms with Crippen LogP contribution in [0.1, 0.15) is 31.2 Å². The van der Waals surface area contributed by atoms with E-state index in [1.807, 2.05) is 6.07 Å². The van der Waals surface area contributed by atoms with Crippen LogP contribution < -0.4 is 20.1 Å². The molecule has 1 aromatic carbocycles. The zero-order chi connectivity index (χ0) is 20.4. The SMILES string of the molecule is COc1ccc(C23CCC(NC(=O)Nc4ccon4)CC2N(C)CC3)cc1OC. The van der Waals surface area contributed by atoms with Crippen molar-refractivity contribution in [2.75, 3.05) is 33.1 Å². The molecule has 8 heteroatoms. The number of aromatic nitrogens is 1. The van der Waals surface area contributed by atoms with Crippen molar-refractivity contribution >= 4 is 11.8 Å². The zero-order valence-corrected chi connectivity index (χ0v) is 17.1. The van der Waals surface area contributed by atoms with Crippen LogP contribution in [-0.4, -0.2) is 56.0 Å². The van der Waals surface area contributed by atoms with Gasteiger partial charge in [0, 0.05) is 23.6 Å². The molecule has 0 radical (unpaired) electrons. The van der Waals surface area contributed by atoms with Crippen LogP contribution >= 0.6 is 0 Å². The molecular formula is C21H28N4O4. The van der Waals surface area contributed by atoms with E-state index in [2.05, 4.69) is 39.9 Å². The molecule has 0 bridgehead atoms. The number of urea groups is 1. The van der Waals surface area contributed by atoms with Crippen molar-refractivity contribution in [2.45, 2.75) is 43.2 Å². The molecule has 2 aliphatic rings. The molecular weight excluding hydrogens is 372 g/mol. The van der Waals surface area contributed by atoms with Gasteiger partial charge in [-0.05, 0) is 57.0 Å². The number of nitrogens with one attached hydrogen (secondary N) is 2. The number of anilines is 1. The number of carbonyl (C=O) groups excluding carboxylic acids is 1. The fourth-order valence-corrected chi connectivity index (χ4v) is 5.01. The zero-order valence-electron chi connectivity index (χ0n) is 17.1. The van der Waals surface area contributed by atoms with E-state index in [1.165, 1.54) is 11.8 Å². The van der Waals surface area contributed by atoms with Gasteiger partial charge in [-0.25, -0.2) is 4.79 Å². The first-order valence-electron chi connectivity index (χ1n) is 9.96. The number of carbonyl (C=O) groups is 1. The van der Waals surface area contributed by atoms with E-state index in [0.29, 0.717) is 11.9 Å². The Morgan fingerprint density at radius 3 is 2.79 bits per heavy atom. The first-order valence-corrected chi connectivity index (χ1v) is 9.96. The molecule has 156 valence electrons. The van der Waals surface area contributed by atoms with Crippen LogP contribution in [0.25, 0.3) is 0 Å². The number of hydrogen-bond donors (Lipinski definition) is 2. The summed E-state index contributed by atoms with van der Waals surface area (Å²) in [7, 11) is 5.50. The average Bonchev–Trinajstić information content (AvgIpc) is 3.36. The Kier molecular flexibility index (Phi) is 5.36. The largest absolute Gasteiger partial charge is 0.493 e. The minimum Gasteiger partial charge on any atom is -0.493 e. The maximum atomic E-state index is 12.3. The molecule has 4 rings (SSSR count). The maximum Gasteiger partial charge on any atom is 0.320 e. The van der Waals surface area contributed by atoms with E-state index in [9.17, 15) is 4.79 Å². The third kappa shape index (κ3) is 3.64. The molecule has 3 atom stereocenters. The van der Waals surface area contributed by atoms with Gasteiger partial charge in [0.1, 0.15) is 6.26 Å². The highest BCUT2D eigenvalue weighted by Gasteiger charge is 2.50. The van der Waals surface area contributed by atoms with Gasteiger partial charge in [0.15, 0.2) is 17.3 Å². The van der Waals surface area contributed by atoms with Crippen molar-refractivity contribution in [3.05, 3.63) is 36.1 Å². The summed E-state index contributed by atoms with van der Waals surface area (Å²) in [6.07, 6.45) is 5.36. The van der Waals surface area contributed by atoms with E-state index in [4.69, 9.17) is 14.0 Å². The maximum absolute atomic E-state index is 12.3. The van der Waals surface area contributed by atoms with Crippen molar-refractivity contribution in [3.63, 3.8) is 0 Å². The van der Waals surface area contributed by atoms with E-state index in [1.54, 1.807) is 20.3 Å². The Morgan fingerprint density at radius 2 is 2.07 bits per heavy atom. The number of likely N-dealkylation sites (tertiary alicyclic amines) is 1. The second kappa shape index (κ2) is 7.94. The highest BCUT2D eigenvalue weighted by Crippen LogP contribution is 2.49. The number of benzene rings is 1. The number of fused-ring (bicyclic) bond motifs is 1. The molecule has 2 fully saturated rings. The molecule has 1 saturated heterocycles. The number of nitrogens with zero attached hydrogens (tertiary/aromatic N) is 2. The molecule has 29 heavy (non-hydrogen) atoms. The topological polar surface area (TPSA) is 88.9 Å². The molecule has 8 nitrogen and oxygen atoms in total. The van der Waals surface area contributed by atoms with Gasteiger partial charge in [-0.2, -0.15) is 0 Å². The van der Waals surface area contributed by atoms with Crippen molar-refractivity contribution < 1.29 is 18.8 Å². The number of methoxy groups -OCH3 is 2. The molecule has 0 spiro atoms. The molecule has 3 unspecified atom stereocenters. The summed E-state index contributed by atoms with van der Waals surface area (Å²) in [6, 6.07) is 8.12. The molecule has 1 aliphatic heterocycles. The van der Waals surface area contributed by atoms with Gasteiger partial charge in [0.05, 0.1) is 14.2 Å². The van der Waals surface area contributed by atoms with Gasteiger partial charge < -0.3 is 24.2 Å². The molecule has 2 aromatic rings. The Labute approximate surface area is 170 Å². The van der Waals surface area contributed by atoms with Gasteiger partial charge in [0.2, 0.25) is 0 Å². The van der Waals surface area contributed by atoms with Crippen molar-refractivity contribution in [3.8, 4) is 11.5 Å². The average molecular weight is 400 g/mol. The number of hydrogen-bond acceptors (Lipinski definition) is 6. The summed E-state index contributed by atoms with van der Waals surface area (Å²) in [5.41, 5.74) is 1.35. The van der Waals surface area contributed by atoms with E-state index < -0.39 is 0 Å². The third-order valence-corrected chi connectivity index (χ3v) is 6.50. The predicted molar refractivity (Wildman–Crippen MR) is 109 cm³/mol. The van der Waals surface area contributed by atoms with E-state index >= 15 is 0 Å². The lowest BCUT2D eigenvalue weighted by atomic mass is 9.65. The Hall–Kier alpha value is -2.74. The van der Waals surface area contributed by atoms with Crippen LogP contribution in [0.5, 0.6) is 11.5 Å².